The van der Waals surface area contributed by atoms with Gasteiger partial charge in [-0.15, -0.1) is 0 Å². The molecule has 3 N–H and O–H groups in total. The molecular formula is C14H20F3N3O3. The second-order valence-corrected chi connectivity index (χ2v) is 4.94. The summed E-state index contributed by atoms with van der Waals surface area (Å²) in [5.74, 6) is -2.19. The van der Waals surface area contributed by atoms with Crippen LogP contribution in [0.2, 0.25) is 0 Å². The fourth-order valence-electron chi connectivity index (χ4n) is 2.13. The number of carbonyl (C=O) groups is 2. The molecule has 0 aromatic carbocycles. The lowest BCUT2D eigenvalue weighted by Gasteiger charge is -2.17. The maximum Gasteiger partial charge on any atom is 0.418 e. The van der Waals surface area contributed by atoms with Gasteiger partial charge in [0.05, 0.1) is 12.0 Å². The minimum absolute atomic E-state index is 0.0879. The Morgan fingerprint density at radius 3 is 2.35 bits per heavy atom. The first-order valence-electron chi connectivity index (χ1n) is 7.20. The van der Waals surface area contributed by atoms with Crippen LogP contribution in [0.4, 0.5) is 13.2 Å². The van der Waals surface area contributed by atoms with Gasteiger partial charge in [-0.05, 0) is 19.2 Å². The number of carboxylic acids is 1. The summed E-state index contributed by atoms with van der Waals surface area (Å²) in [5.41, 5.74) is -2.32. The van der Waals surface area contributed by atoms with Gasteiger partial charge in [0, 0.05) is 18.8 Å². The normalized spacial score (nSPS) is 11.7. The van der Waals surface area contributed by atoms with Crippen LogP contribution in [0.3, 0.4) is 0 Å². The van der Waals surface area contributed by atoms with E-state index in [-0.39, 0.29) is 12.1 Å². The zero-order valence-corrected chi connectivity index (χ0v) is 13.0. The number of alkyl halides is 3. The van der Waals surface area contributed by atoms with Crippen LogP contribution in [0.15, 0.2) is 6.07 Å². The minimum atomic E-state index is -4.79. The van der Waals surface area contributed by atoms with Gasteiger partial charge in [0.15, 0.2) is 0 Å². The smallest absolute Gasteiger partial charge is 0.418 e. The second kappa shape index (κ2) is 8.00. The van der Waals surface area contributed by atoms with E-state index in [1.165, 1.54) is 0 Å². The van der Waals surface area contributed by atoms with Crippen LogP contribution < -0.4 is 5.32 Å². The van der Waals surface area contributed by atoms with Gasteiger partial charge in [-0.1, -0.05) is 13.8 Å². The van der Waals surface area contributed by atoms with E-state index in [9.17, 15) is 22.8 Å². The molecule has 1 amide bonds. The van der Waals surface area contributed by atoms with Crippen molar-refractivity contribution in [2.45, 2.75) is 26.4 Å². The van der Waals surface area contributed by atoms with E-state index in [0.29, 0.717) is 19.2 Å². The highest BCUT2D eigenvalue weighted by atomic mass is 19.4. The van der Waals surface area contributed by atoms with Crippen molar-refractivity contribution >= 4 is 11.9 Å². The average molecular weight is 335 g/mol. The monoisotopic (exact) mass is 335 g/mol. The number of hydrogen-bond donors (Lipinski definition) is 3. The molecule has 0 saturated heterocycles. The van der Waals surface area contributed by atoms with Crippen LogP contribution in [0.25, 0.3) is 0 Å². The molecule has 0 atom stereocenters. The third kappa shape index (κ3) is 5.59. The number of nitrogens with zero attached hydrogens (tertiary/aromatic N) is 1. The van der Waals surface area contributed by atoms with Gasteiger partial charge in [0.25, 0.3) is 0 Å². The predicted octanol–water partition coefficient (Wildman–Crippen LogP) is 1.73. The lowest BCUT2D eigenvalue weighted by atomic mass is 10.2. The first-order valence-corrected chi connectivity index (χ1v) is 7.20. The van der Waals surface area contributed by atoms with Crippen LogP contribution in [0.1, 0.15) is 35.6 Å². The summed E-state index contributed by atoms with van der Waals surface area (Å²) in [7, 11) is 0. The highest BCUT2D eigenvalue weighted by Crippen LogP contribution is 2.32. The van der Waals surface area contributed by atoms with Gasteiger partial charge >= 0.3 is 12.1 Å². The Hall–Kier alpha value is -2.03. The van der Waals surface area contributed by atoms with Gasteiger partial charge in [0.2, 0.25) is 5.91 Å². The summed E-state index contributed by atoms with van der Waals surface area (Å²) in [6.07, 6.45) is -5.13. The van der Waals surface area contributed by atoms with E-state index >= 15 is 0 Å². The highest BCUT2D eigenvalue weighted by molar-refractivity contribution is 5.88. The number of aromatic carboxylic acids is 1. The molecule has 1 aromatic rings. The zero-order chi connectivity index (χ0) is 17.6. The minimum Gasteiger partial charge on any atom is -0.477 e. The number of hydrogen-bond acceptors (Lipinski definition) is 3. The number of halogens is 3. The van der Waals surface area contributed by atoms with Crippen LogP contribution in [0, 0.1) is 0 Å². The number of carboxylic acid groups (broad SMARTS) is 1. The number of H-pyrrole nitrogens is 1. The summed E-state index contributed by atoms with van der Waals surface area (Å²) in [6, 6.07) is 0.660. The standard InChI is InChI=1S/C14H20F3N3O3/c1-3-20(4-2)6-5-18-11(21)8-9-7-10(14(15,16)17)12(19-9)13(22)23/h7,19H,3-6,8H2,1-2H3,(H,18,21)(H,22,23). The fraction of sp³-hybridized carbons (Fsp3) is 0.571. The van der Waals surface area contributed by atoms with Gasteiger partial charge in [0.1, 0.15) is 5.69 Å². The number of rotatable bonds is 8. The average Bonchev–Trinajstić information content (AvgIpc) is 2.88. The van der Waals surface area contributed by atoms with Crippen molar-refractivity contribution in [2.24, 2.45) is 0 Å². The Bertz CT molecular complexity index is 551. The SMILES string of the molecule is CCN(CC)CCNC(=O)Cc1cc(C(F)(F)F)c(C(=O)O)[nH]1. The van der Waals surface area contributed by atoms with Crippen molar-refractivity contribution in [3.05, 3.63) is 23.0 Å². The molecule has 1 heterocycles. The van der Waals surface area contributed by atoms with Crippen LogP contribution in [-0.4, -0.2) is 53.0 Å². The summed E-state index contributed by atoms with van der Waals surface area (Å²) in [6.45, 7) is 6.64. The van der Waals surface area contributed by atoms with Crippen molar-refractivity contribution in [1.82, 2.24) is 15.2 Å². The number of amides is 1. The molecule has 130 valence electrons. The number of likely N-dealkylation sites (N-methyl/N-ethyl adjacent to an activating group) is 1. The molecule has 0 bridgehead atoms. The first kappa shape index (κ1) is 19.0. The lowest BCUT2D eigenvalue weighted by Crippen LogP contribution is -2.35. The van der Waals surface area contributed by atoms with Gasteiger partial charge in [-0.25, -0.2) is 4.79 Å². The van der Waals surface area contributed by atoms with Gasteiger partial charge < -0.3 is 20.3 Å². The highest BCUT2D eigenvalue weighted by Gasteiger charge is 2.37. The maximum atomic E-state index is 12.7. The molecular weight excluding hydrogens is 315 g/mol. The largest absolute Gasteiger partial charge is 0.477 e. The molecule has 0 fully saturated rings. The van der Waals surface area contributed by atoms with Crippen LogP contribution in [0.5, 0.6) is 0 Å². The first-order chi connectivity index (χ1) is 10.7. The Morgan fingerprint density at radius 1 is 1.30 bits per heavy atom. The summed E-state index contributed by atoms with van der Waals surface area (Å²) in [4.78, 5) is 26.8. The molecule has 9 heteroatoms. The van der Waals surface area contributed by atoms with Crippen molar-refractivity contribution in [1.29, 1.82) is 0 Å². The van der Waals surface area contributed by atoms with Crippen molar-refractivity contribution < 1.29 is 27.9 Å². The molecule has 0 radical (unpaired) electrons. The molecule has 0 spiro atoms. The molecule has 6 nitrogen and oxygen atoms in total. The van der Waals surface area contributed by atoms with Crippen LogP contribution in [-0.2, 0) is 17.4 Å². The van der Waals surface area contributed by atoms with E-state index in [2.05, 4.69) is 15.2 Å². The molecule has 23 heavy (non-hydrogen) atoms. The van der Waals surface area contributed by atoms with Crippen molar-refractivity contribution in [2.75, 3.05) is 26.2 Å². The lowest BCUT2D eigenvalue weighted by molar-refractivity contribution is -0.138. The summed E-state index contributed by atoms with van der Waals surface area (Å²) >= 11 is 0. The molecule has 0 aliphatic rings. The molecule has 1 rings (SSSR count). The van der Waals surface area contributed by atoms with Crippen LogP contribution >= 0.6 is 0 Å². The molecule has 1 aromatic heterocycles. The molecule has 0 unspecified atom stereocenters. The summed E-state index contributed by atoms with van der Waals surface area (Å²) < 4.78 is 38.2. The van der Waals surface area contributed by atoms with Gasteiger partial charge in [-0.3, -0.25) is 4.79 Å². The van der Waals surface area contributed by atoms with E-state index < -0.39 is 29.3 Å². The second-order valence-electron chi connectivity index (χ2n) is 4.94. The zero-order valence-electron chi connectivity index (χ0n) is 13.0. The summed E-state index contributed by atoms with van der Waals surface area (Å²) in [5, 5.41) is 11.4. The van der Waals surface area contributed by atoms with E-state index in [4.69, 9.17) is 5.11 Å². The Labute approximate surface area is 131 Å². The third-order valence-electron chi connectivity index (χ3n) is 3.39. The van der Waals surface area contributed by atoms with Gasteiger partial charge in [-0.2, -0.15) is 13.2 Å². The predicted molar refractivity (Wildman–Crippen MR) is 77.3 cm³/mol. The van der Waals surface area contributed by atoms with E-state index in [1.54, 1.807) is 0 Å². The van der Waals surface area contributed by atoms with Crippen molar-refractivity contribution in [3.8, 4) is 0 Å². The topological polar surface area (TPSA) is 85.4 Å². The van der Waals surface area contributed by atoms with Crippen molar-refractivity contribution in [3.63, 3.8) is 0 Å². The maximum absolute atomic E-state index is 12.7. The van der Waals surface area contributed by atoms with E-state index in [1.807, 2.05) is 13.8 Å². The molecule has 0 aliphatic carbocycles. The quantitative estimate of drug-likeness (QED) is 0.675. The van der Waals surface area contributed by atoms with E-state index in [0.717, 1.165) is 13.1 Å². The molecule has 0 saturated carbocycles. The fourth-order valence-corrected chi connectivity index (χ4v) is 2.13. The number of carbonyl (C=O) groups excluding carboxylic acids is 1. The third-order valence-corrected chi connectivity index (χ3v) is 3.39. The Morgan fingerprint density at radius 2 is 1.91 bits per heavy atom. The number of aromatic amines is 1. The number of nitrogens with one attached hydrogen (secondary N) is 2. The number of aromatic nitrogens is 1. The molecule has 0 aliphatic heterocycles. The Kier molecular flexibility index (Phi) is 6.62. The Balaban J connectivity index is 2.67.